The lowest BCUT2D eigenvalue weighted by Crippen LogP contribution is -2.40. The molecule has 1 aromatic heterocycles. The van der Waals surface area contributed by atoms with Crippen molar-refractivity contribution in [1.29, 1.82) is 0 Å². The molecule has 1 aliphatic carbocycles. The lowest BCUT2D eigenvalue weighted by molar-refractivity contribution is 0.0921. The van der Waals surface area contributed by atoms with Crippen molar-refractivity contribution < 1.29 is 13.6 Å². The number of carbonyl (C=O) groups is 1. The zero-order valence-electron chi connectivity index (χ0n) is 16.3. The van der Waals surface area contributed by atoms with E-state index in [0.717, 1.165) is 31.5 Å². The Morgan fingerprint density at radius 1 is 1.07 bits per heavy atom. The van der Waals surface area contributed by atoms with Gasteiger partial charge in [0.25, 0.3) is 5.91 Å². The van der Waals surface area contributed by atoms with Crippen molar-refractivity contribution in [3.63, 3.8) is 0 Å². The summed E-state index contributed by atoms with van der Waals surface area (Å²) in [4.78, 5) is 22.9. The van der Waals surface area contributed by atoms with E-state index >= 15 is 0 Å². The topological polar surface area (TPSA) is 70.2 Å². The Morgan fingerprint density at radius 2 is 1.75 bits per heavy atom. The van der Waals surface area contributed by atoms with Crippen LogP contribution in [0.4, 0.5) is 20.5 Å². The Labute approximate surface area is 163 Å². The minimum Gasteiger partial charge on any atom is -0.363 e. The van der Waals surface area contributed by atoms with Crippen LogP contribution in [0.2, 0.25) is 0 Å². The van der Waals surface area contributed by atoms with E-state index in [9.17, 15) is 13.6 Å². The van der Waals surface area contributed by atoms with Crippen molar-refractivity contribution >= 4 is 17.7 Å². The summed E-state index contributed by atoms with van der Waals surface area (Å²) in [6.07, 6.45) is 4.85. The third-order valence-corrected chi connectivity index (χ3v) is 5.01. The second-order valence-corrected chi connectivity index (χ2v) is 7.36. The second kappa shape index (κ2) is 8.50. The van der Waals surface area contributed by atoms with Crippen LogP contribution in [-0.2, 0) is 0 Å². The van der Waals surface area contributed by atoms with Crippen molar-refractivity contribution in [2.75, 3.05) is 24.3 Å². The predicted octanol–water partition coefficient (Wildman–Crippen LogP) is 3.28. The van der Waals surface area contributed by atoms with E-state index < -0.39 is 17.5 Å². The zero-order chi connectivity index (χ0) is 20.3. The fourth-order valence-corrected chi connectivity index (χ4v) is 3.32. The summed E-state index contributed by atoms with van der Waals surface area (Å²) >= 11 is 0. The molecule has 2 N–H and O–H groups in total. The standard InChI is InChI=1S/C20H25F2N5O/c1-12-4-9-15(18(22)17(12)21)19(28)24-13-5-7-14(8-6-13)25-20-23-11-10-16(26-20)27(2)3/h4,9-11,13-14H,5-8H2,1-3H3,(H,24,28)(H,23,25,26). The van der Waals surface area contributed by atoms with Gasteiger partial charge in [-0.05, 0) is 50.3 Å². The Morgan fingerprint density at radius 3 is 2.43 bits per heavy atom. The van der Waals surface area contributed by atoms with Gasteiger partial charge in [0.1, 0.15) is 5.82 Å². The Balaban J connectivity index is 1.54. The van der Waals surface area contributed by atoms with Crippen LogP contribution in [0.15, 0.2) is 24.4 Å². The summed E-state index contributed by atoms with van der Waals surface area (Å²) in [6.45, 7) is 1.46. The number of halogens is 2. The number of anilines is 2. The first kappa shape index (κ1) is 20.0. The van der Waals surface area contributed by atoms with Crippen LogP contribution in [0.3, 0.4) is 0 Å². The minimum absolute atomic E-state index is 0.0663. The van der Waals surface area contributed by atoms with Crippen LogP contribution in [0, 0.1) is 18.6 Å². The third kappa shape index (κ3) is 4.55. The van der Waals surface area contributed by atoms with Crippen LogP contribution >= 0.6 is 0 Å². The number of carbonyl (C=O) groups excluding carboxylic acids is 1. The highest BCUT2D eigenvalue weighted by atomic mass is 19.2. The largest absolute Gasteiger partial charge is 0.363 e. The first-order valence-electron chi connectivity index (χ1n) is 9.37. The molecular weight excluding hydrogens is 364 g/mol. The molecule has 0 radical (unpaired) electrons. The van der Waals surface area contributed by atoms with Crippen molar-refractivity contribution in [3.05, 3.63) is 47.2 Å². The average molecular weight is 389 g/mol. The monoisotopic (exact) mass is 389 g/mol. The lowest BCUT2D eigenvalue weighted by atomic mass is 9.91. The molecule has 1 saturated carbocycles. The smallest absolute Gasteiger partial charge is 0.254 e. The van der Waals surface area contributed by atoms with Crippen molar-refractivity contribution in [3.8, 4) is 0 Å². The van der Waals surface area contributed by atoms with Crippen LogP contribution in [0.25, 0.3) is 0 Å². The van der Waals surface area contributed by atoms with Gasteiger partial charge in [0.05, 0.1) is 5.56 Å². The van der Waals surface area contributed by atoms with Gasteiger partial charge in [-0.1, -0.05) is 6.07 Å². The van der Waals surface area contributed by atoms with E-state index in [0.29, 0.717) is 5.95 Å². The molecule has 0 saturated heterocycles. The molecule has 0 aliphatic heterocycles. The summed E-state index contributed by atoms with van der Waals surface area (Å²) in [5, 5.41) is 6.15. The number of aryl methyl sites for hydroxylation is 1. The van der Waals surface area contributed by atoms with Gasteiger partial charge in [0.15, 0.2) is 11.6 Å². The highest BCUT2D eigenvalue weighted by Gasteiger charge is 2.25. The molecule has 150 valence electrons. The Bertz CT molecular complexity index is 850. The van der Waals surface area contributed by atoms with Gasteiger partial charge < -0.3 is 15.5 Å². The second-order valence-electron chi connectivity index (χ2n) is 7.36. The fraction of sp³-hybridized carbons (Fsp3) is 0.450. The molecule has 0 atom stereocenters. The molecule has 8 heteroatoms. The quantitative estimate of drug-likeness (QED) is 0.821. The highest BCUT2D eigenvalue weighted by Crippen LogP contribution is 2.23. The van der Waals surface area contributed by atoms with Crippen LogP contribution in [0.1, 0.15) is 41.6 Å². The summed E-state index contributed by atoms with van der Waals surface area (Å²) < 4.78 is 27.7. The van der Waals surface area contributed by atoms with E-state index in [2.05, 4.69) is 20.6 Å². The molecule has 3 rings (SSSR count). The molecule has 28 heavy (non-hydrogen) atoms. The predicted molar refractivity (Wildman–Crippen MR) is 105 cm³/mol. The molecule has 0 spiro atoms. The molecule has 6 nitrogen and oxygen atoms in total. The summed E-state index contributed by atoms with van der Waals surface area (Å²) in [6, 6.07) is 4.72. The molecule has 1 fully saturated rings. The molecule has 0 bridgehead atoms. The van der Waals surface area contributed by atoms with Gasteiger partial charge in [-0.3, -0.25) is 4.79 Å². The van der Waals surface area contributed by atoms with Gasteiger partial charge in [0, 0.05) is 32.4 Å². The lowest BCUT2D eigenvalue weighted by Gasteiger charge is -2.29. The number of hydrogen-bond acceptors (Lipinski definition) is 5. The molecule has 1 aliphatic rings. The highest BCUT2D eigenvalue weighted by molar-refractivity contribution is 5.94. The number of benzene rings is 1. The van der Waals surface area contributed by atoms with E-state index in [1.165, 1.54) is 19.1 Å². The number of nitrogens with zero attached hydrogens (tertiary/aromatic N) is 3. The van der Waals surface area contributed by atoms with E-state index in [4.69, 9.17) is 0 Å². The third-order valence-electron chi connectivity index (χ3n) is 5.01. The minimum atomic E-state index is -1.09. The molecule has 1 heterocycles. The maximum Gasteiger partial charge on any atom is 0.254 e. The molecule has 1 amide bonds. The number of rotatable bonds is 5. The zero-order valence-corrected chi connectivity index (χ0v) is 16.3. The fourth-order valence-electron chi connectivity index (χ4n) is 3.32. The first-order valence-corrected chi connectivity index (χ1v) is 9.37. The average Bonchev–Trinajstić information content (AvgIpc) is 2.68. The Hall–Kier alpha value is -2.77. The maximum atomic E-state index is 14.0. The number of amides is 1. The van der Waals surface area contributed by atoms with Gasteiger partial charge in [-0.2, -0.15) is 4.98 Å². The molecular formula is C20H25F2N5O. The normalized spacial score (nSPS) is 19.2. The van der Waals surface area contributed by atoms with Crippen molar-refractivity contribution in [2.45, 2.75) is 44.7 Å². The van der Waals surface area contributed by atoms with Crippen molar-refractivity contribution in [1.82, 2.24) is 15.3 Å². The van der Waals surface area contributed by atoms with E-state index in [-0.39, 0.29) is 23.2 Å². The summed E-state index contributed by atoms with van der Waals surface area (Å²) in [5.74, 6) is -1.23. The summed E-state index contributed by atoms with van der Waals surface area (Å²) in [5.41, 5.74) is -0.0709. The SMILES string of the molecule is Cc1ccc(C(=O)NC2CCC(Nc3nccc(N(C)C)n3)CC2)c(F)c1F. The molecule has 2 aromatic rings. The van der Waals surface area contributed by atoms with Gasteiger partial charge in [-0.25, -0.2) is 13.8 Å². The van der Waals surface area contributed by atoms with Gasteiger partial charge in [0.2, 0.25) is 5.95 Å². The molecule has 1 aromatic carbocycles. The van der Waals surface area contributed by atoms with E-state index in [1.54, 1.807) is 6.20 Å². The van der Waals surface area contributed by atoms with Crippen molar-refractivity contribution in [2.24, 2.45) is 0 Å². The number of nitrogens with one attached hydrogen (secondary N) is 2. The van der Waals surface area contributed by atoms with Gasteiger partial charge in [-0.15, -0.1) is 0 Å². The number of hydrogen-bond donors (Lipinski definition) is 2. The maximum absolute atomic E-state index is 14.0. The van der Waals surface area contributed by atoms with E-state index in [1.807, 2.05) is 25.1 Å². The van der Waals surface area contributed by atoms with Crippen LogP contribution < -0.4 is 15.5 Å². The van der Waals surface area contributed by atoms with Crippen LogP contribution in [-0.4, -0.2) is 42.1 Å². The summed E-state index contributed by atoms with van der Waals surface area (Å²) in [7, 11) is 3.84. The first-order chi connectivity index (χ1) is 13.3. The molecule has 0 unspecified atom stereocenters. The van der Waals surface area contributed by atoms with Gasteiger partial charge >= 0.3 is 0 Å². The van der Waals surface area contributed by atoms with Crippen LogP contribution in [0.5, 0.6) is 0 Å². The Kier molecular flexibility index (Phi) is 6.06. The number of aromatic nitrogens is 2.